The lowest BCUT2D eigenvalue weighted by Crippen LogP contribution is -2.56. The Bertz CT molecular complexity index is 881. The van der Waals surface area contributed by atoms with E-state index in [0.29, 0.717) is 37.3 Å². The lowest BCUT2D eigenvalue weighted by atomic mass is 9.98. The van der Waals surface area contributed by atoms with Crippen molar-refractivity contribution in [1.82, 2.24) is 20.2 Å². The molecule has 0 bridgehead atoms. The SMILES string of the molecule is Cn1c(N2CCOCC2)nc2cc(C(=O)N[C@]3(C(=O)O)CCNC3)ccc21. The number of fused-ring (bicyclic) bond motifs is 1. The van der Waals surface area contributed by atoms with Crippen molar-refractivity contribution in [2.45, 2.75) is 12.0 Å². The van der Waals surface area contributed by atoms with Crippen LogP contribution in [-0.2, 0) is 16.6 Å². The van der Waals surface area contributed by atoms with E-state index in [0.717, 1.165) is 24.6 Å². The van der Waals surface area contributed by atoms with Crippen molar-refractivity contribution in [3.63, 3.8) is 0 Å². The molecule has 3 heterocycles. The molecule has 0 spiro atoms. The number of morpholine rings is 1. The number of aliphatic carboxylic acids is 1. The van der Waals surface area contributed by atoms with Crippen molar-refractivity contribution in [1.29, 1.82) is 0 Å². The van der Waals surface area contributed by atoms with Crippen LogP contribution in [0.5, 0.6) is 0 Å². The number of ether oxygens (including phenoxy) is 1. The van der Waals surface area contributed by atoms with E-state index in [9.17, 15) is 14.7 Å². The second-order valence-corrected chi connectivity index (χ2v) is 7.04. The molecule has 2 aromatic rings. The number of rotatable bonds is 4. The Morgan fingerprint density at radius 2 is 2.11 bits per heavy atom. The molecule has 4 rings (SSSR count). The second-order valence-electron chi connectivity index (χ2n) is 7.04. The highest BCUT2D eigenvalue weighted by Crippen LogP contribution is 2.24. The molecule has 0 unspecified atom stereocenters. The summed E-state index contributed by atoms with van der Waals surface area (Å²) in [6.07, 6.45) is 0.362. The van der Waals surface area contributed by atoms with Gasteiger partial charge in [0, 0.05) is 32.2 Å². The number of carbonyl (C=O) groups excluding carboxylic acids is 1. The molecule has 27 heavy (non-hydrogen) atoms. The van der Waals surface area contributed by atoms with Gasteiger partial charge in [0.2, 0.25) is 5.95 Å². The van der Waals surface area contributed by atoms with Gasteiger partial charge in [0.15, 0.2) is 5.54 Å². The van der Waals surface area contributed by atoms with Gasteiger partial charge in [-0.2, -0.15) is 0 Å². The molecule has 0 aliphatic carbocycles. The van der Waals surface area contributed by atoms with Crippen LogP contribution in [0.1, 0.15) is 16.8 Å². The van der Waals surface area contributed by atoms with Gasteiger partial charge in [-0.15, -0.1) is 0 Å². The van der Waals surface area contributed by atoms with Crippen LogP contribution in [0, 0.1) is 0 Å². The molecule has 9 heteroatoms. The average molecular weight is 373 g/mol. The largest absolute Gasteiger partial charge is 0.479 e. The molecule has 1 aromatic carbocycles. The minimum atomic E-state index is -1.25. The zero-order valence-corrected chi connectivity index (χ0v) is 15.2. The van der Waals surface area contributed by atoms with Gasteiger partial charge in [0.25, 0.3) is 5.91 Å². The summed E-state index contributed by atoms with van der Waals surface area (Å²) in [5, 5.41) is 15.2. The number of amides is 1. The molecule has 0 radical (unpaired) electrons. The van der Waals surface area contributed by atoms with Crippen molar-refractivity contribution < 1.29 is 19.4 Å². The van der Waals surface area contributed by atoms with Crippen molar-refractivity contribution in [2.24, 2.45) is 7.05 Å². The van der Waals surface area contributed by atoms with E-state index < -0.39 is 17.4 Å². The molecular weight excluding hydrogens is 350 g/mol. The highest BCUT2D eigenvalue weighted by molar-refractivity contribution is 6.00. The highest BCUT2D eigenvalue weighted by Gasteiger charge is 2.43. The Kier molecular flexibility index (Phi) is 4.48. The van der Waals surface area contributed by atoms with E-state index in [-0.39, 0.29) is 6.54 Å². The fraction of sp³-hybridized carbons (Fsp3) is 0.500. The van der Waals surface area contributed by atoms with Crippen LogP contribution in [0.2, 0.25) is 0 Å². The summed E-state index contributed by atoms with van der Waals surface area (Å²) in [5.41, 5.74) is 0.778. The maximum absolute atomic E-state index is 12.7. The Hall–Kier alpha value is -2.65. The van der Waals surface area contributed by atoms with Crippen molar-refractivity contribution >= 4 is 28.9 Å². The topological polar surface area (TPSA) is 109 Å². The van der Waals surface area contributed by atoms with Crippen LogP contribution in [0.4, 0.5) is 5.95 Å². The standard InChI is InChI=1S/C18H23N5O4/c1-22-14-3-2-12(15(24)21-18(16(25)26)4-5-19-11-18)10-13(14)20-17(22)23-6-8-27-9-7-23/h2-3,10,19H,4-9,11H2,1H3,(H,21,24)(H,25,26)/t18-/m1/s1. The van der Waals surface area contributed by atoms with Crippen molar-refractivity contribution in [3.05, 3.63) is 23.8 Å². The van der Waals surface area contributed by atoms with Gasteiger partial charge >= 0.3 is 5.97 Å². The maximum atomic E-state index is 12.7. The van der Waals surface area contributed by atoms with Gasteiger partial charge in [0.05, 0.1) is 24.2 Å². The monoisotopic (exact) mass is 373 g/mol. The minimum absolute atomic E-state index is 0.223. The Balaban J connectivity index is 1.61. The summed E-state index contributed by atoms with van der Waals surface area (Å²) in [6, 6.07) is 5.27. The molecule has 144 valence electrons. The summed E-state index contributed by atoms with van der Waals surface area (Å²) in [5.74, 6) is -0.580. The molecule has 1 atom stereocenters. The van der Waals surface area contributed by atoms with Crippen LogP contribution < -0.4 is 15.5 Å². The number of hydrogen-bond acceptors (Lipinski definition) is 6. The van der Waals surface area contributed by atoms with Gasteiger partial charge in [0.1, 0.15) is 0 Å². The van der Waals surface area contributed by atoms with E-state index >= 15 is 0 Å². The summed E-state index contributed by atoms with van der Waals surface area (Å²) >= 11 is 0. The fourth-order valence-electron chi connectivity index (χ4n) is 3.70. The molecule has 1 amide bonds. The maximum Gasteiger partial charge on any atom is 0.330 e. The van der Waals surface area contributed by atoms with E-state index in [1.807, 2.05) is 17.7 Å². The van der Waals surface area contributed by atoms with Crippen LogP contribution in [0.25, 0.3) is 11.0 Å². The number of aromatic nitrogens is 2. The van der Waals surface area contributed by atoms with Crippen molar-refractivity contribution in [3.8, 4) is 0 Å². The molecule has 9 nitrogen and oxygen atoms in total. The predicted molar refractivity (Wildman–Crippen MR) is 99.1 cm³/mol. The first-order valence-electron chi connectivity index (χ1n) is 9.06. The molecule has 2 aliphatic rings. The molecule has 2 saturated heterocycles. The molecular formula is C18H23N5O4. The minimum Gasteiger partial charge on any atom is -0.479 e. The first-order valence-corrected chi connectivity index (χ1v) is 9.06. The second kappa shape index (κ2) is 6.82. The highest BCUT2D eigenvalue weighted by atomic mass is 16.5. The Morgan fingerprint density at radius 3 is 2.78 bits per heavy atom. The van der Waals surface area contributed by atoms with E-state index in [4.69, 9.17) is 4.74 Å². The van der Waals surface area contributed by atoms with Gasteiger partial charge < -0.3 is 29.9 Å². The number of aryl methyl sites for hydroxylation is 1. The van der Waals surface area contributed by atoms with Crippen LogP contribution in [0.15, 0.2) is 18.2 Å². The number of anilines is 1. The number of nitrogens with one attached hydrogen (secondary N) is 2. The average Bonchev–Trinajstić information content (AvgIpc) is 3.28. The third-order valence-electron chi connectivity index (χ3n) is 5.33. The summed E-state index contributed by atoms with van der Waals surface area (Å²) < 4.78 is 7.40. The number of carboxylic acids is 1. The van der Waals surface area contributed by atoms with Crippen molar-refractivity contribution in [2.75, 3.05) is 44.3 Å². The first kappa shape index (κ1) is 17.7. The van der Waals surface area contributed by atoms with E-state index in [1.54, 1.807) is 12.1 Å². The molecule has 2 aliphatic heterocycles. The normalized spacial score (nSPS) is 22.9. The lowest BCUT2D eigenvalue weighted by Gasteiger charge is -2.27. The number of carbonyl (C=O) groups is 2. The third-order valence-corrected chi connectivity index (χ3v) is 5.33. The molecule has 2 fully saturated rings. The van der Waals surface area contributed by atoms with E-state index in [2.05, 4.69) is 20.5 Å². The quantitative estimate of drug-likeness (QED) is 0.690. The van der Waals surface area contributed by atoms with Crippen LogP contribution in [0.3, 0.4) is 0 Å². The van der Waals surface area contributed by atoms with Gasteiger partial charge in [-0.05, 0) is 31.2 Å². The third kappa shape index (κ3) is 3.13. The zero-order chi connectivity index (χ0) is 19.0. The molecule has 3 N–H and O–H groups in total. The number of imidazole rings is 1. The van der Waals surface area contributed by atoms with Gasteiger partial charge in [-0.3, -0.25) is 4.79 Å². The summed E-state index contributed by atoms with van der Waals surface area (Å²) in [4.78, 5) is 31.2. The van der Waals surface area contributed by atoms with Gasteiger partial charge in [-0.1, -0.05) is 0 Å². The Morgan fingerprint density at radius 1 is 1.33 bits per heavy atom. The zero-order valence-electron chi connectivity index (χ0n) is 15.2. The molecule has 0 saturated carbocycles. The number of hydrogen-bond donors (Lipinski definition) is 3. The number of benzene rings is 1. The number of carboxylic acid groups (broad SMARTS) is 1. The first-order chi connectivity index (χ1) is 13.0. The summed E-state index contributed by atoms with van der Waals surface area (Å²) in [6.45, 7) is 3.68. The van der Waals surface area contributed by atoms with Gasteiger partial charge in [-0.25, -0.2) is 9.78 Å². The lowest BCUT2D eigenvalue weighted by molar-refractivity contribution is -0.143. The predicted octanol–water partition coefficient (Wildman–Crippen LogP) is -0.0436. The smallest absolute Gasteiger partial charge is 0.330 e. The fourth-order valence-corrected chi connectivity index (χ4v) is 3.70. The molecule has 1 aromatic heterocycles. The number of nitrogens with zero attached hydrogens (tertiary/aromatic N) is 3. The van der Waals surface area contributed by atoms with E-state index in [1.165, 1.54) is 0 Å². The Labute approximate surface area is 156 Å². The van der Waals surface area contributed by atoms with Crippen LogP contribution in [-0.4, -0.2) is 71.5 Å². The van der Waals surface area contributed by atoms with Crippen LogP contribution >= 0.6 is 0 Å². The summed E-state index contributed by atoms with van der Waals surface area (Å²) in [7, 11) is 1.95.